The number of alkyl halides is 3. The number of benzene rings is 1. The number of nitrogens with zero attached hydrogens (tertiary/aromatic N) is 2. The minimum absolute atomic E-state index is 0.229. The number of urea groups is 1. The number of hydrogen-bond donors (Lipinski definition) is 1. The van der Waals surface area contributed by atoms with Gasteiger partial charge in [-0.3, -0.25) is 5.32 Å². The molecule has 0 radical (unpaired) electrons. The van der Waals surface area contributed by atoms with Crippen molar-refractivity contribution in [2.75, 3.05) is 12.0 Å². The topological polar surface area (TPSA) is 71.0 Å². The molecular weight excluding hydrogens is 323 g/mol. The monoisotopic (exact) mass is 331 g/mol. The van der Waals surface area contributed by atoms with E-state index in [4.69, 9.17) is 0 Å². The van der Waals surface area contributed by atoms with E-state index >= 15 is 0 Å². The second-order valence-electron chi connectivity index (χ2n) is 4.43. The number of amides is 2. The Morgan fingerprint density at radius 2 is 2.09 bits per heavy atom. The van der Waals surface area contributed by atoms with E-state index < -0.39 is 23.8 Å². The summed E-state index contributed by atoms with van der Waals surface area (Å²) in [6.45, 7) is 0. The SMILES string of the molecule is COC(=O)[C@]1(C(F)(F)F)N=C2Sc3ccccc3N2C(=O)N1. The summed E-state index contributed by atoms with van der Waals surface area (Å²) < 4.78 is 44.2. The number of halogens is 3. The lowest BCUT2D eigenvalue weighted by molar-refractivity contribution is -0.207. The van der Waals surface area contributed by atoms with Crippen LogP contribution in [0, 0.1) is 0 Å². The number of ether oxygens (including phenoxy) is 1. The Morgan fingerprint density at radius 3 is 2.73 bits per heavy atom. The maximum absolute atomic E-state index is 13.3. The molecule has 2 heterocycles. The lowest BCUT2D eigenvalue weighted by Crippen LogP contribution is -2.68. The van der Waals surface area contributed by atoms with Crippen molar-refractivity contribution in [1.29, 1.82) is 0 Å². The molecule has 0 aliphatic carbocycles. The molecule has 1 N–H and O–H groups in total. The van der Waals surface area contributed by atoms with E-state index in [1.807, 2.05) is 0 Å². The summed E-state index contributed by atoms with van der Waals surface area (Å²) in [5.41, 5.74) is -3.02. The summed E-state index contributed by atoms with van der Waals surface area (Å²) in [6, 6.07) is 5.44. The zero-order valence-electron chi connectivity index (χ0n) is 11.0. The molecule has 2 aliphatic rings. The highest BCUT2D eigenvalue weighted by atomic mass is 32.2. The molecule has 1 aromatic rings. The van der Waals surface area contributed by atoms with Crippen molar-refractivity contribution in [1.82, 2.24) is 5.32 Å². The Hall–Kier alpha value is -2.23. The van der Waals surface area contributed by atoms with E-state index in [0.29, 0.717) is 10.6 Å². The van der Waals surface area contributed by atoms with Crippen molar-refractivity contribution in [2.24, 2.45) is 4.99 Å². The summed E-state index contributed by atoms with van der Waals surface area (Å²) in [4.78, 5) is 28.8. The van der Waals surface area contributed by atoms with E-state index in [0.717, 1.165) is 23.8 Å². The second kappa shape index (κ2) is 4.63. The average molecular weight is 331 g/mol. The molecule has 0 aromatic heterocycles. The van der Waals surface area contributed by atoms with Crippen LogP contribution in [-0.2, 0) is 9.53 Å². The van der Waals surface area contributed by atoms with Gasteiger partial charge in [-0.15, -0.1) is 0 Å². The van der Waals surface area contributed by atoms with Gasteiger partial charge < -0.3 is 4.74 Å². The van der Waals surface area contributed by atoms with Crippen LogP contribution in [0.3, 0.4) is 0 Å². The Kier molecular flexibility index (Phi) is 3.09. The number of amidine groups is 1. The lowest BCUT2D eigenvalue weighted by atomic mass is 10.1. The molecule has 2 aliphatic heterocycles. The Bertz CT molecular complexity index is 706. The molecule has 0 saturated carbocycles. The second-order valence-corrected chi connectivity index (χ2v) is 5.44. The minimum atomic E-state index is -5.13. The summed E-state index contributed by atoms with van der Waals surface area (Å²) in [6.07, 6.45) is -5.13. The molecule has 22 heavy (non-hydrogen) atoms. The molecule has 0 saturated heterocycles. The van der Waals surface area contributed by atoms with Crippen LogP contribution < -0.4 is 10.2 Å². The third kappa shape index (κ3) is 1.86. The van der Waals surface area contributed by atoms with Crippen LogP contribution in [0.5, 0.6) is 0 Å². The van der Waals surface area contributed by atoms with E-state index in [2.05, 4.69) is 9.73 Å². The highest BCUT2D eigenvalue weighted by Gasteiger charge is 2.66. The maximum atomic E-state index is 13.3. The highest BCUT2D eigenvalue weighted by Crippen LogP contribution is 2.45. The van der Waals surface area contributed by atoms with Crippen molar-refractivity contribution in [2.45, 2.75) is 16.7 Å². The number of thioether (sulfide) groups is 1. The standard InChI is InChI=1S/C12H8F3N3O3S/c1-21-8(19)11(12(13,14)15)16-9(20)18-6-4-2-3-5-7(6)22-10(18)17-11/h2-5H,1H3,(H,16,20)/t11-/m1/s1. The smallest absolute Gasteiger partial charge is 0.444 e. The Labute approximate surface area is 126 Å². The predicted octanol–water partition coefficient (Wildman–Crippen LogP) is 2.11. The zero-order chi connectivity index (χ0) is 16.1. The molecule has 0 spiro atoms. The number of esters is 1. The minimum Gasteiger partial charge on any atom is -0.466 e. The van der Waals surface area contributed by atoms with Gasteiger partial charge in [-0.05, 0) is 23.9 Å². The number of fused-ring (bicyclic) bond motifs is 3. The molecule has 2 amide bonds. The normalized spacial score (nSPS) is 23.4. The van der Waals surface area contributed by atoms with Gasteiger partial charge in [-0.2, -0.15) is 13.2 Å². The van der Waals surface area contributed by atoms with Gasteiger partial charge in [0.15, 0.2) is 5.17 Å². The number of para-hydroxylation sites is 1. The molecule has 0 unspecified atom stereocenters. The third-order valence-corrected chi connectivity index (χ3v) is 4.17. The number of methoxy groups -OCH3 is 1. The van der Waals surface area contributed by atoms with Gasteiger partial charge in [0, 0.05) is 4.90 Å². The summed E-state index contributed by atoms with van der Waals surface area (Å²) in [5.74, 6) is -1.70. The maximum Gasteiger partial charge on any atom is 0.444 e. The van der Waals surface area contributed by atoms with E-state index in [-0.39, 0.29) is 5.17 Å². The van der Waals surface area contributed by atoms with Gasteiger partial charge in [0.25, 0.3) is 0 Å². The van der Waals surface area contributed by atoms with Gasteiger partial charge in [0.1, 0.15) is 0 Å². The molecule has 10 heteroatoms. The van der Waals surface area contributed by atoms with Crippen molar-refractivity contribution in [3.63, 3.8) is 0 Å². The first-order valence-electron chi connectivity index (χ1n) is 5.94. The van der Waals surface area contributed by atoms with Crippen LogP contribution in [0.25, 0.3) is 0 Å². The van der Waals surface area contributed by atoms with Crippen LogP contribution in [0.1, 0.15) is 0 Å². The molecule has 3 rings (SSSR count). The predicted molar refractivity (Wildman–Crippen MR) is 71.5 cm³/mol. The first kappa shape index (κ1) is 14.7. The van der Waals surface area contributed by atoms with Crippen LogP contribution in [0.15, 0.2) is 34.2 Å². The van der Waals surface area contributed by atoms with Gasteiger partial charge in [-0.25, -0.2) is 19.5 Å². The first-order valence-corrected chi connectivity index (χ1v) is 6.76. The van der Waals surface area contributed by atoms with Crippen LogP contribution in [0.2, 0.25) is 0 Å². The number of rotatable bonds is 1. The molecule has 6 nitrogen and oxygen atoms in total. The van der Waals surface area contributed by atoms with Crippen molar-refractivity contribution in [3.05, 3.63) is 24.3 Å². The lowest BCUT2D eigenvalue weighted by Gasteiger charge is -2.35. The largest absolute Gasteiger partial charge is 0.466 e. The number of hydrogen-bond acceptors (Lipinski definition) is 5. The van der Waals surface area contributed by atoms with Crippen molar-refractivity contribution < 1.29 is 27.5 Å². The van der Waals surface area contributed by atoms with Crippen LogP contribution in [0.4, 0.5) is 23.7 Å². The fraction of sp³-hybridized carbons (Fsp3) is 0.250. The molecule has 1 aromatic carbocycles. The number of anilines is 1. The number of nitrogens with one attached hydrogen (secondary N) is 1. The first-order chi connectivity index (χ1) is 10.3. The van der Waals surface area contributed by atoms with Gasteiger partial charge in [0.05, 0.1) is 12.8 Å². The van der Waals surface area contributed by atoms with Crippen molar-refractivity contribution in [3.8, 4) is 0 Å². The Balaban J connectivity index is 2.16. The number of aliphatic imine (C=N–C) groups is 1. The zero-order valence-corrected chi connectivity index (χ0v) is 11.8. The summed E-state index contributed by atoms with van der Waals surface area (Å²) >= 11 is 0.877. The van der Waals surface area contributed by atoms with Gasteiger partial charge in [0.2, 0.25) is 0 Å². The van der Waals surface area contributed by atoms with E-state index in [1.54, 1.807) is 29.6 Å². The van der Waals surface area contributed by atoms with E-state index in [1.165, 1.54) is 0 Å². The molecule has 0 bridgehead atoms. The van der Waals surface area contributed by atoms with Gasteiger partial charge in [-0.1, -0.05) is 12.1 Å². The highest BCUT2D eigenvalue weighted by molar-refractivity contribution is 8.15. The summed E-state index contributed by atoms with van der Waals surface area (Å²) in [7, 11) is 0.797. The Morgan fingerprint density at radius 1 is 1.41 bits per heavy atom. The van der Waals surface area contributed by atoms with Gasteiger partial charge >= 0.3 is 23.8 Å². The molecule has 0 fully saturated rings. The summed E-state index contributed by atoms with van der Waals surface area (Å²) in [5, 5.41) is 1.39. The third-order valence-electron chi connectivity index (χ3n) is 3.14. The van der Waals surface area contributed by atoms with E-state index in [9.17, 15) is 22.8 Å². The fourth-order valence-electron chi connectivity index (χ4n) is 2.12. The molecule has 116 valence electrons. The van der Waals surface area contributed by atoms with Crippen molar-refractivity contribution >= 4 is 34.6 Å². The molecular formula is C12H8F3N3O3S. The number of carbonyl (C=O) groups is 2. The van der Waals surface area contributed by atoms with Crippen LogP contribution in [-0.4, -0.2) is 36.1 Å². The van der Waals surface area contributed by atoms with Crippen LogP contribution >= 0.6 is 11.8 Å². The molecule has 1 atom stereocenters. The fourth-order valence-corrected chi connectivity index (χ4v) is 3.18. The quantitative estimate of drug-likeness (QED) is 0.800. The number of carbonyl (C=O) groups excluding carboxylic acids is 2. The average Bonchev–Trinajstić information content (AvgIpc) is 2.83.